The molecule has 0 spiro atoms. The maximum Gasteiger partial charge on any atom is 0.231 e. The van der Waals surface area contributed by atoms with Gasteiger partial charge in [-0.3, -0.25) is 19.6 Å². The van der Waals surface area contributed by atoms with Gasteiger partial charge in [-0.15, -0.1) is 10.2 Å². The summed E-state index contributed by atoms with van der Waals surface area (Å²) < 4.78 is 0. The Hall–Kier alpha value is -4.60. The Morgan fingerprint density at radius 1 is 0.605 bits per heavy atom. The number of amides is 2. The van der Waals surface area contributed by atoms with Gasteiger partial charge in [-0.2, -0.15) is 10.2 Å². The first-order chi connectivity index (χ1) is 18.6. The van der Waals surface area contributed by atoms with Crippen LogP contribution in [-0.2, 0) is 35.3 Å². The number of carbonyl (C=O) groups excluding carboxylic acids is 2. The number of rotatable bonds is 10. The van der Waals surface area contributed by atoms with E-state index >= 15 is 0 Å². The van der Waals surface area contributed by atoms with Gasteiger partial charge in [0.25, 0.3) is 0 Å². The van der Waals surface area contributed by atoms with Crippen LogP contribution in [-0.4, -0.2) is 42.2 Å². The zero-order chi connectivity index (χ0) is 26.2. The number of pyridine rings is 2. The molecule has 38 heavy (non-hydrogen) atoms. The molecule has 4 aromatic rings. The van der Waals surface area contributed by atoms with Crippen LogP contribution in [0.4, 0.5) is 11.6 Å². The molecule has 2 amide bonds. The summed E-state index contributed by atoms with van der Waals surface area (Å²) >= 11 is 0. The van der Waals surface area contributed by atoms with Crippen molar-refractivity contribution in [1.29, 1.82) is 0 Å². The fourth-order valence-corrected chi connectivity index (χ4v) is 4.58. The summed E-state index contributed by atoms with van der Waals surface area (Å²) in [6, 6.07) is 18.4. The van der Waals surface area contributed by atoms with E-state index in [1.165, 1.54) is 0 Å². The highest BCUT2D eigenvalue weighted by molar-refractivity contribution is 5.91. The van der Waals surface area contributed by atoms with E-state index in [1.54, 1.807) is 24.5 Å². The molecule has 1 aliphatic carbocycles. The third-order valence-electron chi connectivity index (χ3n) is 6.44. The maximum atomic E-state index is 12.2. The van der Waals surface area contributed by atoms with Crippen LogP contribution in [0, 0.1) is 11.8 Å². The van der Waals surface area contributed by atoms with Crippen molar-refractivity contribution in [2.24, 2.45) is 11.8 Å². The molecule has 0 unspecified atom stereocenters. The minimum absolute atomic E-state index is 0.171. The molecule has 1 saturated carbocycles. The number of carbonyl (C=O) groups is 2. The summed E-state index contributed by atoms with van der Waals surface area (Å²) in [5.41, 5.74) is 3.25. The smallest absolute Gasteiger partial charge is 0.231 e. The van der Waals surface area contributed by atoms with Crippen molar-refractivity contribution < 1.29 is 9.59 Å². The minimum atomic E-state index is -0.171. The monoisotopic (exact) mass is 508 g/mol. The van der Waals surface area contributed by atoms with Gasteiger partial charge in [0.15, 0.2) is 11.6 Å². The summed E-state index contributed by atoms with van der Waals surface area (Å²) in [6.07, 6.45) is 7.63. The standard InChI is InChI=1S/C28H28N8O2/c37-27(17-21-5-1-3-11-29-21)31-25-9-7-23(33-35-25)15-19-13-20(14-19)16-24-8-10-26(36-34-24)32-28(38)18-22-6-2-4-12-30-22/h1-12,19-20H,13-18H2,(H,31,35,37)(H,32,36,38). The van der Waals surface area contributed by atoms with Gasteiger partial charge in [0.2, 0.25) is 11.8 Å². The van der Waals surface area contributed by atoms with Gasteiger partial charge in [-0.25, -0.2) is 0 Å². The third kappa shape index (κ3) is 7.22. The summed E-state index contributed by atoms with van der Waals surface area (Å²) in [5, 5.41) is 22.4. The maximum absolute atomic E-state index is 12.2. The van der Waals surface area contributed by atoms with Crippen LogP contribution < -0.4 is 10.6 Å². The highest BCUT2D eigenvalue weighted by Crippen LogP contribution is 2.37. The molecular weight excluding hydrogens is 480 g/mol. The van der Waals surface area contributed by atoms with Gasteiger partial charge in [-0.1, -0.05) is 12.1 Å². The van der Waals surface area contributed by atoms with E-state index in [-0.39, 0.29) is 24.7 Å². The number of hydrogen-bond donors (Lipinski definition) is 2. The van der Waals surface area contributed by atoms with E-state index in [0.717, 1.165) is 37.1 Å². The van der Waals surface area contributed by atoms with Crippen LogP contribution in [0.3, 0.4) is 0 Å². The summed E-state index contributed by atoms with van der Waals surface area (Å²) in [7, 11) is 0. The van der Waals surface area contributed by atoms with E-state index < -0.39 is 0 Å². The molecule has 4 aromatic heterocycles. The molecule has 0 bridgehead atoms. The lowest BCUT2D eigenvalue weighted by Crippen LogP contribution is -2.28. The van der Waals surface area contributed by atoms with Gasteiger partial charge in [-0.05, 0) is 86.1 Å². The Labute approximate surface area is 220 Å². The lowest BCUT2D eigenvalue weighted by atomic mass is 9.71. The molecule has 5 rings (SSSR count). The van der Waals surface area contributed by atoms with Gasteiger partial charge in [0, 0.05) is 23.8 Å². The average molecular weight is 509 g/mol. The van der Waals surface area contributed by atoms with Crippen LogP contribution in [0.5, 0.6) is 0 Å². The number of hydrogen-bond acceptors (Lipinski definition) is 8. The minimum Gasteiger partial charge on any atom is -0.309 e. The van der Waals surface area contributed by atoms with Crippen molar-refractivity contribution in [1.82, 2.24) is 30.4 Å². The van der Waals surface area contributed by atoms with Crippen LogP contribution in [0.15, 0.2) is 73.1 Å². The quantitative estimate of drug-likeness (QED) is 0.333. The third-order valence-corrected chi connectivity index (χ3v) is 6.44. The van der Waals surface area contributed by atoms with E-state index in [0.29, 0.717) is 34.9 Å². The van der Waals surface area contributed by atoms with E-state index in [4.69, 9.17) is 0 Å². The lowest BCUT2D eigenvalue weighted by Gasteiger charge is -2.35. The average Bonchev–Trinajstić information content (AvgIpc) is 2.90. The Bertz CT molecular complexity index is 1240. The first kappa shape index (κ1) is 25.1. The number of aromatic nitrogens is 6. The van der Waals surface area contributed by atoms with Gasteiger partial charge >= 0.3 is 0 Å². The van der Waals surface area contributed by atoms with Gasteiger partial charge in [0.1, 0.15) is 0 Å². The van der Waals surface area contributed by atoms with Crippen LogP contribution in [0.1, 0.15) is 35.6 Å². The highest BCUT2D eigenvalue weighted by atomic mass is 16.2. The van der Waals surface area contributed by atoms with Crippen molar-refractivity contribution in [2.45, 2.75) is 38.5 Å². The number of nitrogens with zero attached hydrogens (tertiary/aromatic N) is 6. The summed E-state index contributed by atoms with van der Waals surface area (Å²) in [6.45, 7) is 0. The van der Waals surface area contributed by atoms with Crippen molar-refractivity contribution in [3.8, 4) is 0 Å². The first-order valence-electron chi connectivity index (χ1n) is 12.6. The molecule has 1 aliphatic rings. The zero-order valence-corrected chi connectivity index (χ0v) is 20.8. The van der Waals surface area contributed by atoms with Crippen molar-refractivity contribution in [3.63, 3.8) is 0 Å². The number of nitrogens with one attached hydrogen (secondary N) is 2. The molecule has 10 nitrogen and oxygen atoms in total. The molecule has 0 radical (unpaired) electrons. The van der Waals surface area contributed by atoms with E-state index in [2.05, 4.69) is 41.0 Å². The van der Waals surface area contributed by atoms with Gasteiger partial charge in [0.05, 0.1) is 24.2 Å². The molecule has 10 heteroatoms. The number of anilines is 2. The molecule has 4 heterocycles. The Kier molecular flexibility index (Phi) is 7.98. The van der Waals surface area contributed by atoms with Crippen molar-refractivity contribution in [3.05, 3.63) is 95.8 Å². The fraction of sp³-hybridized carbons (Fsp3) is 0.286. The second kappa shape index (κ2) is 12.1. The molecule has 1 fully saturated rings. The van der Waals surface area contributed by atoms with Crippen LogP contribution in [0.2, 0.25) is 0 Å². The molecule has 0 aromatic carbocycles. The molecule has 0 atom stereocenters. The van der Waals surface area contributed by atoms with Crippen molar-refractivity contribution >= 4 is 23.5 Å². The predicted molar refractivity (Wildman–Crippen MR) is 141 cm³/mol. The lowest BCUT2D eigenvalue weighted by molar-refractivity contribution is -0.116. The van der Waals surface area contributed by atoms with E-state index in [9.17, 15) is 9.59 Å². The highest BCUT2D eigenvalue weighted by Gasteiger charge is 2.30. The fourth-order valence-electron chi connectivity index (χ4n) is 4.58. The summed E-state index contributed by atoms with van der Waals surface area (Å²) in [4.78, 5) is 32.7. The zero-order valence-electron chi connectivity index (χ0n) is 20.8. The predicted octanol–water partition coefficient (Wildman–Crippen LogP) is 3.23. The molecular formula is C28H28N8O2. The summed E-state index contributed by atoms with van der Waals surface area (Å²) in [5.74, 6) is 1.65. The largest absolute Gasteiger partial charge is 0.309 e. The van der Waals surface area contributed by atoms with Crippen molar-refractivity contribution in [2.75, 3.05) is 10.6 Å². The Balaban J connectivity index is 1.01. The Morgan fingerprint density at radius 3 is 1.45 bits per heavy atom. The van der Waals surface area contributed by atoms with Crippen LogP contribution >= 0.6 is 0 Å². The molecule has 0 saturated heterocycles. The second-order valence-corrected chi connectivity index (χ2v) is 9.52. The first-order valence-corrected chi connectivity index (χ1v) is 12.6. The SMILES string of the molecule is O=C(Cc1ccccn1)Nc1ccc(CC2CC(Cc3ccc(NC(=O)Cc4ccccn4)nn3)C2)nn1. The van der Waals surface area contributed by atoms with Gasteiger partial charge < -0.3 is 10.6 Å². The van der Waals surface area contributed by atoms with E-state index in [1.807, 2.05) is 48.5 Å². The molecule has 192 valence electrons. The Morgan fingerprint density at radius 2 is 1.08 bits per heavy atom. The molecule has 2 N–H and O–H groups in total. The normalized spacial score (nSPS) is 16.3. The second-order valence-electron chi connectivity index (χ2n) is 9.52. The van der Waals surface area contributed by atoms with Crippen LogP contribution in [0.25, 0.3) is 0 Å². The topological polar surface area (TPSA) is 136 Å². The molecule has 0 aliphatic heterocycles.